The first-order chi connectivity index (χ1) is 11.9. The normalized spacial score (nSPS) is 10.7. The van der Waals surface area contributed by atoms with Crippen molar-refractivity contribution in [2.75, 3.05) is 10.6 Å². The summed E-state index contributed by atoms with van der Waals surface area (Å²) < 4.78 is 0. The predicted molar refractivity (Wildman–Crippen MR) is 97.1 cm³/mol. The molecule has 2 amide bonds. The van der Waals surface area contributed by atoms with Gasteiger partial charge in [0.25, 0.3) is 5.91 Å². The molecule has 0 spiro atoms. The van der Waals surface area contributed by atoms with Crippen molar-refractivity contribution in [1.82, 2.24) is 15.0 Å². The quantitative estimate of drug-likeness (QED) is 0.668. The van der Waals surface area contributed by atoms with Crippen LogP contribution in [0.4, 0.5) is 11.5 Å². The zero-order chi connectivity index (χ0) is 18.1. The van der Waals surface area contributed by atoms with Gasteiger partial charge in [-0.05, 0) is 37.6 Å². The highest BCUT2D eigenvalue weighted by Gasteiger charge is 2.15. The van der Waals surface area contributed by atoms with Crippen LogP contribution in [-0.2, 0) is 4.79 Å². The average Bonchev–Trinajstić information content (AvgIpc) is 2.84. The summed E-state index contributed by atoms with van der Waals surface area (Å²) in [4.78, 5) is 35.2. The number of nitrogens with one attached hydrogen (secondary N) is 3. The van der Waals surface area contributed by atoms with Crippen LogP contribution in [0.15, 0.2) is 24.5 Å². The Hall–Kier alpha value is -2.93. The lowest BCUT2D eigenvalue weighted by atomic mass is 10.1. The molecule has 1 aromatic carbocycles. The molecule has 128 valence electrons. The van der Waals surface area contributed by atoms with Gasteiger partial charge in [0.05, 0.1) is 16.1 Å². The van der Waals surface area contributed by atoms with Crippen LogP contribution in [-0.4, -0.2) is 26.8 Å². The molecule has 0 aliphatic carbocycles. The van der Waals surface area contributed by atoms with Crippen LogP contribution in [0.3, 0.4) is 0 Å². The van der Waals surface area contributed by atoms with Crippen LogP contribution in [0.25, 0.3) is 11.0 Å². The minimum atomic E-state index is -0.352. The molecule has 0 aliphatic rings. The maximum Gasteiger partial charge on any atom is 0.256 e. The summed E-state index contributed by atoms with van der Waals surface area (Å²) in [6.45, 7) is 5.26. The molecule has 0 unspecified atom stereocenters. The summed E-state index contributed by atoms with van der Waals surface area (Å²) >= 11 is 6.12. The SMILES string of the molecule is CC(=O)Nc1ccc(C(=O)Nc2ncnc3[nH]c(C)c(C)c23)cc1Cl. The standard InChI is InChI=1S/C17H16ClN5O2/c1-8-9(2)21-15-14(8)16(20-7-19-15)23-17(25)11-4-5-13(12(18)6-11)22-10(3)24/h4-7H,1-3H3,(H,22,24)(H2,19,20,21,23,25). The van der Waals surface area contributed by atoms with Crippen molar-refractivity contribution in [3.63, 3.8) is 0 Å². The largest absolute Gasteiger partial charge is 0.343 e. The Balaban J connectivity index is 1.90. The molecule has 2 aromatic heterocycles. The third-order valence-electron chi connectivity index (χ3n) is 3.86. The van der Waals surface area contributed by atoms with Crippen molar-refractivity contribution >= 4 is 46.0 Å². The molecular formula is C17H16ClN5O2. The van der Waals surface area contributed by atoms with E-state index < -0.39 is 0 Å². The number of aromatic nitrogens is 3. The highest BCUT2D eigenvalue weighted by molar-refractivity contribution is 6.34. The lowest BCUT2D eigenvalue weighted by molar-refractivity contribution is -0.114. The summed E-state index contributed by atoms with van der Waals surface area (Å²) in [5.41, 5.74) is 3.42. The van der Waals surface area contributed by atoms with E-state index in [1.165, 1.54) is 19.3 Å². The van der Waals surface area contributed by atoms with E-state index >= 15 is 0 Å². The number of carbonyl (C=O) groups excluding carboxylic acids is 2. The molecule has 0 bridgehead atoms. The maximum atomic E-state index is 12.5. The van der Waals surface area contributed by atoms with Crippen molar-refractivity contribution in [1.29, 1.82) is 0 Å². The topological polar surface area (TPSA) is 99.8 Å². The zero-order valence-electron chi connectivity index (χ0n) is 13.9. The number of benzene rings is 1. The van der Waals surface area contributed by atoms with E-state index in [4.69, 9.17) is 11.6 Å². The molecule has 0 atom stereocenters. The van der Waals surface area contributed by atoms with Gasteiger partial charge in [0.15, 0.2) is 0 Å². The van der Waals surface area contributed by atoms with Crippen molar-refractivity contribution < 1.29 is 9.59 Å². The molecule has 0 fully saturated rings. The number of H-pyrrole nitrogens is 1. The second kappa shape index (κ2) is 6.52. The molecule has 25 heavy (non-hydrogen) atoms. The monoisotopic (exact) mass is 357 g/mol. The second-order valence-corrected chi connectivity index (χ2v) is 6.06. The second-order valence-electron chi connectivity index (χ2n) is 5.65. The molecule has 3 N–H and O–H groups in total. The number of amides is 2. The van der Waals surface area contributed by atoms with Gasteiger partial charge in [0, 0.05) is 18.2 Å². The number of hydrogen-bond acceptors (Lipinski definition) is 4. The molecule has 3 rings (SSSR count). The Bertz CT molecular complexity index is 996. The van der Waals surface area contributed by atoms with Crippen molar-refractivity contribution in [2.45, 2.75) is 20.8 Å². The van der Waals surface area contributed by atoms with E-state index in [9.17, 15) is 9.59 Å². The molecule has 0 saturated carbocycles. The molecule has 7 nitrogen and oxygen atoms in total. The van der Waals surface area contributed by atoms with E-state index in [2.05, 4.69) is 25.6 Å². The highest BCUT2D eigenvalue weighted by Crippen LogP contribution is 2.27. The molecular weight excluding hydrogens is 342 g/mol. The minimum Gasteiger partial charge on any atom is -0.343 e. The average molecular weight is 358 g/mol. The van der Waals surface area contributed by atoms with Crippen LogP contribution >= 0.6 is 11.6 Å². The first-order valence-electron chi connectivity index (χ1n) is 7.55. The number of anilines is 2. The maximum absolute atomic E-state index is 12.5. The van der Waals surface area contributed by atoms with Gasteiger partial charge in [0.1, 0.15) is 17.8 Å². The summed E-state index contributed by atoms with van der Waals surface area (Å²) in [6.07, 6.45) is 1.39. The number of halogens is 1. The number of rotatable bonds is 3. The third kappa shape index (κ3) is 3.32. The molecule has 0 saturated heterocycles. The lowest BCUT2D eigenvalue weighted by Gasteiger charge is -2.09. The number of nitrogens with zero attached hydrogens (tertiary/aromatic N) is 2. The van der Waals surface area contributed by atoms with E-state index in [-0.39, 0.29) is 16.8 Å². The Labute approximate surface area is 148 Å². The first kappa shape index (κ1) is 16.9. The van der Waals surface area contributed by atoms with Gasteiger partial charge in [0.2, 0.25) is 5.91 Å². The van der Waals surface area contributed by atoms with Gasteiger partial charge in [-0.1, -0.05) is 11.6 Å². The Morgan fingerprint density at radius 1 is 1.16 bits per heavy atom. The van der Waals surface area contributed by atoms with Gasteiger partial charge in [-0.2, -0.15) is 0 Å². The Kier molecular flexibility index (Phi) is 4.41. The number of carbonyl (C=O) groups is 2. The lowest BCUT2D eigenvalue weighted by Crippen LogP contribution is -2.14. The number of aromatic amines is 1. The zero-order valence-corrected chi connectivity index (χ0v) is 14.7. The fraction of sp³-hybridized carbons (Fsp3) is 0.176. The van der Waals surface area contributed by atoms with Gasteiger partial charge < -0.3 is 15.6 Å². The van der Waals surface area contributed by atoms with Crippen LogP contribution in [0.2, 0.25) is 5.02 Å². The van der Waals surface area contributed by atoms with Gasteiger partial charge >= 0.3 is 0 Å². The van der Waals surface area contributed by atoms with Crippen LogP contribution in [0.5, 0.6) is 0 Å². The fourth-order valence-corrected chi connectivity index (χ4v) is 2.74. The Morgan fingerprint density at radius 2 is 1.92 bits per heavy atom. The van der Waals surface area contributed by atoms with Crippen LogP contribution in [0.1, 0.15) is 28.5 Å². The van der Waals surface area contributed by atoms with E-state index in [0.717, 1.165) is 16.6 Å². The number of aryl methyl sites for hydroxylation is 2. The molecule has 0 radical (unpaired) electrons. The Morgan fingerprint density at radius 3 is 2.60 bits per heavy atom. The minimum absolute atomic E-state index is 0.235. The summed E-state index contributed by atoms with van der Waals surface area (Å²) in [5, 5.41) is 6.44. The van der Waals surface area contributed by atoms with Crippen molar-refractivity contribution in [2.24, 2.45) is 0 Å². The fourth-order valence-electron chi connectivity index (χ4n) is 2.52. The van der Waals surface area contributed by atoms with Gasteiger partial charge in [-0.15, -0.1) is 0 Å². The molecule has 3 aromatic rings. The smallest absolute Gasteiger partial charge is 0.256 e. The van der Waals surface area contributed by atoms with Gasteiger partial charge in [-0.3, -0.25) is 9.59 Å². The number of hydrogen-bond donors (Lipinski definition) is 3. The van der Waals surface area contributed by atoms with E-state index in [1.807, 2.05) is 13.8 Å². The van der Waals surface area contributed by atoms with Crippen molar-refractivity contribution in [3.05, 3.63) is 46.4 Å². The summed E-state index contributed by atoms with van der Waals surface area (Å²) in [7, 11) is 0. The predicted octanol–water partition coefficient (Wildman–Crippen LogP) is 3.44. The number of fused-ring (bicyclic) bond motifs is 1. The van der Waals surface area contributed by atoms with Crippen LogP contribution < -0.4 is 10.6 Å². The van der Waals surface area contributed by atoms with Crippen molar-refractivity contribution in [3.8, 4) is 0 Å². The molecule has 2 heterocycles. The van der Waals surface area contributed by atoms with E-state index in [1.54, 1.807) is 12.1 Å². The molecule has 8 heteroatoms. The summed E-state index contributed by atoms with van der Waals surface area (Å²) in [5.74, 6) is -0.158. The summed E-state index contributed by atoms with van der Waals surface area (Å²) in [6, 6.07) is 4.66. The van der Waals surface area contributed by atoms with Crippen LogP contribution in [0, 0.1) is 13.8 Å². The van der Waals surface area contributed by atoms with E-state index in [0.29, 0.717) is 22.7 Å². The van der Waals surface area contributed by atoms with Gasteiger partial charge in [-0.25, -0.2) is 9.97 Å². The highest BCUT2D eigenvalue weighted by atomic mass is 35.5. The third-order valence-corrected chi connectivity index (χ3v) is 4.18. The first-order valence-corrected chi connectivity index (χ1v) is 7.93. The molecule has 0 aliphatic heterocycles.